The van der Waals surface area contributed by atoms with Crippen molar-refractivity contribution in [3.63, 3.8) is 0 Å². The van der Waals surface area contributed by atoms with Crippen LogP contribution in [0.2, 0.25) is 0 Å². The number of aliphatic imine (C=N–C) groups is 1. The van der Waals surface area contributed by atoms with Gasteiger partial charge in [0.15, 0.2) is 0 Å². The number of alkyl carbamates (subject to hydrolysis) is 1. The van der Waals surface area contributed by atoms with Crippen LogP contribution in [0.4, 0.5) is 10.5 Å². The highest BCUT2D eigenvalue weighted by Gasteiger charge is 2.06. The third kappa shape index (κ3) is 6.69. The molecule has 3 aromatic rings. The number of nitrogens with zero attached hydrogens (tertiary/aromatic N) is 2. The summed E-state index contributed by atoms with van der Waals surface area (Å²) in [6.45, 7) is 0.493. The van der Waals surface area contributed by atoms with Gasteiger partial charge in [0.1, 0.15) is 12.4 Å². The van der Waals surface area contributed by atoms with Gasteiger partial charge in [-0.3, -0.25) is 0 Å². The van der Waals surface area contributed by atoms with Gasteiger partial charge in [0.25, 0.3) is 0 Å². The molecule has 0 unspecified atom stereocenters. The lowest BCUT2D eigenvalue weighted by Gasteiger charge is -2.11. The van der Waals surface area contributed by atoms with Gasteiger partial charge in [0.2, 0.25) is 6.19 Å². The Hall–Kier alpha value is -4.31. The number of amidine groups is 1. The standard InChI is InChI=1S/C23H20N4O3/c24-17-26-22(30-21-12-5-2-6-13-21)27-20-11-7-10-19(14-20)15-25-23(28)29-16-18-8-3-1-4-9-18/h1-14H,15-16H2,(H,25,28)(H,26,27). The molecule has 0 spiro atoms. The Morgan fingerprint density at radius 2 is 1.63 bits per heavy atom. The maximum absolute atomic E-state index is 11.9. The third-order valence-electron chi connectivity index (χ3n) is 3.94. The van der Waals surface area contributed by atoms with Gasteiger partial charge in [-0.25, -0.2) is 4.79 Å². The lowest BCUT2D eigenvalue weighted by Crippen LogP contribution is -2.24. The molecule has 7 heteroatoms. The predicted molar refractivity (Wildman–Crippen MR) is 114 cm³/mol. The lowest BCUT2D eigenvalue weighted by atomic mass is 10.2. The number of hydrogen-bond acceptors (Lipinski definition) is 5. The second-order valence-electron chi connectivity index (χ2n) is 6.17. The zero-order valence-corrected chi connectivity index (χ0v) is 16.1. The van der Waals surface area contributed by atoms with E-state index in [1.807, 2.05) is 66.7 Å². The summed E-state index contributed by atoms with van der Waals surface area (Å²) in [5, 5.41) is 14.6. The van der Waals surface area contributed by atoms with Crippen LogP contribution in [0.1, 0.15) is 11.1 Å². The first-order valence-electron chi connectivity index (χ1n) is 9.23. The molecule has 0 aromatic heterocycles. The first kappa shape index (κ1) is 20.4. The van der Waals surface area contributed by atoms with Gasteiger partial charge in [-0.1, -0.05) is 60.7 Å². The van der Waals surface area contributed by atoms with E-state index in [9.17, 15) is 4.79 Å². The smallest absolute Gasteiger partial charge is 0.407 e. The number of ether oxygens (including phenoxy) is 2. The Balaban J connectivity index is 1.54. The van der Waals surface area contributed by atoms with Gasteiger partial charge < -0.3 is 20.1 Å². The first-order valence-corrected chi connectivity index (χ1v) is 9.23. The van der Waals surface area contributed by atoms with E-state index in [0.29, 0.717) is 11.4 Å². The molecular formula is C23H20N4O3. The highest BCUT2D eigenvalue weighted by molar-refractivity contribution is 5.91. The Morgan fingerprint density at radius 3 is 2.37 bits per heavy atom. The average molecular weight is 400 g/mol. The van der Waals surface area contributed by atoms with Crippen molar-refractivity contribution in [2.75, 3.05) is 5.32 Å². The molecule has 0 saturated heterocycles. The van der Waals surface area contributed by atoms with Crippen molar-refractivity contribution in [3.8, 4) is 11.9 Å². The molecule has 3 aromatic carbocycles. The largest absolute Gasteiger partial charge is 0.445 e. The zero-order valence-electron chi connectivity index (χ0n) is 16.1. The second kappa shape index (κ2) is 10.9. The Kier molecular flexibility index (Phi) is 7.41. The molecular weight excluding hydrogens is 380 g/mol. The van der Waals surface area contributed by atoms with E-state index in [4.69, 9.17) is 14.7 Å². The molecule has 150 valence electrons. The number of amides is 1. The fourth-order valence-electron chi connectivity index (χ4n) is 2.55. The Bertz CT molecular complexity index is 1030. The van der Waals surface area contributed by atoms with Crippen molar-refractivity contribution in [3.05, 3.63) is 96.1 Å². The molecule has 0 saturated carbocycles. The maximum atomic E-state index is 11.9. The van der Waals surface area contributed by atoms with Crippen LogP contribution >= 0.6 is 0 Å². The van der Waals surface area contributed by atoms with Gasteiger partial charge in [-0.15, -0.1) is 4.99 Å². The molecule has 1 amide bonds. The summed E-state index contributed by atoms with van der Waals surface area (Å²) in [4.78, 5) is 15.6. The first-order chi connectivity index (χ1) is 14.7. The summed E-state index contributed by atoms with van der Waals surface area (Å²) in [5.41, 5.74) is 2.42. The second-order valence-corrected chi connectivity index (χ2v) is 6.17. The fourth-order valence-corrected chi connectivity index (χ4v) is 2.55. The van der Waals surface area contributed by atoms with Crippen molar-refractivity contribution < 1.29 is 14.3 Å². The van der Waals surface area contributed by atoms with Gasteiger partial charge in [-0.05, 0) is 35.4 Å². The molecule has 7 nitrogen and oxygen atoms in total. The van der Waals surface area contributed by atoms with Crippen LogP contribution in [0.5, 0.6) is 5.75 Å². The van der Waals surface area contributed by atoms with Crippen molar-refractivity contribution in [2.24, 2.45) is 4.99 Å². The molecule has 0 fully saturated rings. The molecule has 0 aliphatic heterocycles. The van der Waals surface area contributed by atoms with Crippen LogP contribution in [-0.4, -0.2) is 12.1 Å². The van der Waals surface area contributed by atoms with Crippen LogP contribution in [0.3, 0.4) is 0 Å². The number of para-hydroxylation sites is 1. The van der Waals surface area contributed by atoms with Crippen molar-refractivity contribution in [1.29, 1.82) is 5.26 Å². The van der Waals surface area contributed by atoms with E-state index in [0.717, 1.165) is 11.1 Å². The lowest BCUT2D eigenvalue weighted by molar-refractivity contribution is 0.139. The minimum Gasteiger partial charge on any atom is -0.445 e. The number of hydrogen-bond donors (Lipinski definition) is 2. The molecule has 0 heterocycles. The van der Waals surface area contributed by atoms with Crippen LogP contribution in [0.15, 0.2) is 89.9 Å². The average Bonchev–Trinajstić information content (AvgIpc) is 2.78. The summed E-state index contributed by atoms with van der Waals surface area (Å²) in [6, 6.07) is 25.8. The minimum atomic E-state index is -0.503. The molecule has 0 aliphatic carbocycles. The van der Waals surface area contributed by atoms with Crippen molar-refractivity contribution >= 4 is 17.8 Å². The van der Waals surface area contributed by atoms with E-state index >= 15 is 0 Å². The molecule has 30 heavy (non-hydrogen) atoms. The monoisotopic (exact) mass is 400 g/mol. The van der Waals surface area contributed by atoms with E-state index in [-0.39, 0.29) is 19.2 Å². The number of rotatable bonds is 6. The molecule has 0 bridgehead atoms. The molecule has 0 atom stereocenters. The van der Waals surface area contributed by atoms with Crippen molar-refractivity contribution in [1.82, 2.24) is 5.32 Å². The fraction of sp³-hybridized carbons (Fsp3) is 0.0870. The van der Waals surface area contributed by atoms with E-state index in [1.165, 1.54) is 0 Å². The van der Waals surface area contributed by atoms with Crippen LogP contribution in [0, 0.1) is 11.5 Å². The van der Waals surface area contributed by atoms with Gasteiger partial charge in [0.05, 0.1) is 0 Å². The highest BCUT2D eigenvalue weighted by Crippen LogP contribution is 2.14. The summed E-state index contributed by atoms with van der Waals surface area (Å²) < 4.78 is 10.8. The molecule has 0 aliphatic rings. The number of anilines is 1. The zero-order chi connectivity index (χ0) is 21.0. The summed E-state index contributed by atoms with van der Waals surface area (Å²) in [5.74, 6) is 0.554. The van der Waals surface area contributed by atoms with Gasteiger partial charge >= 0.3 is 12.1 Å². The third-order valence-corrected chi connectivity index (χ3v) is 3.94. The Labute approximate surface area is 174 Å². The summed E-state index contributed by atoms with van der Waals surface area (Å²) in [6.07, 6.45) is 1.21. The van der Waals surface area contributed by atoms with Gasteiger partial charge in [0, 0.05) is 12.2 Å². The number of nitrogens with one attached hydrogen (secondary N) is 2. The summed E-state index contributed by atoms with van der Waals surface area (Å²) in [7, 11) is 0. The number of benzene rings is 3. The number of carbonyl (C=O) groups is 1. The topological polar surface area (TPSA) is 95.7 Å². The number of carbonyl (C=O) groups excluding carboxylic acids is 1. The Morgan fingerprint density at radius 1 is 0.933 bits per heavy atom. The molecule has 3 rings (SSSR count). The van der Waals surface area contributed by atoms with Crippen molar-refractivity contribution in [2.45, 2.75) is 13.2 Å². The highest BCUT2D eigenvalue weighted by atomic mass is 16.5. The van der Waals surface area contributed by atoms with Crippen LogP contribution in [0.25, 0.3) is 0 Å². The quantitative estimate of drug-likeness (QED) is 0.362. The SMILES string of the molecule is N#C/N=C(\Nc1cccc(CNC(=O)OCc2ccccc2)c1)Oc1ccccc1. The summed E-state index contributed by atoms with van der Waals surface area (Å²) >= 11 is 0. The van der Waals surface area contributed by atoms with E-state index in [2.05, 4.69) is 15.6 Å². The predicted octanol–water partition coefficient (Wildman–Crippen LogP) is 4.44. The van der Waals surface area contributed by atoms with Crippen LogP contribution < -0.4 is 15.4 Å². The minimum absolute atomic E-state index is 0.0519. The van der Waals surface area contributed by atoms with E-state index < -0.39 is 6.09 Å². The molecule has 0 radical (unpaired) electrons. The van der Waals surface area contributed by atoms with Gasteiger partial charge in [-0.2, -0.15) is 5.26 Å². The van der Waals surface area contributed by atoms with Crippen LogP contribution in [-0.2, 0) is 17.9 Å². The normalized spacial score (nSPS) is 10.6. The van der Waals surface area contributed by atoms with E-state index in [1.54, 1.807) is 24.4 Å². The number of nitriles is 1. The molecule has 2 N–H and O–H groups in total. The maximum Gasteiger partial charge on any atom is 0.407 e.